The maximum absolute atomic E-state index is 6.11. The highest BCUT2D eigenvalue weighted by molar-refractivity contribution is 5.88. The summed E-state index contributed by atoms with van der Waals surface area (Å²) in [4.78, 5) is 24.8. The molecule has 0 unspecified atom stereocenters. The fourth-order valence-corrected chi connectivity index (χ4v) is 5.29. The molecule has 0 amide bonds. The predicted octanol–water partition coefficient (Wildman–Crippen LogP) is 4.27. The first kappa shape index (κ1) is 20.4. The second kappa shape index (κ2) is 8.30. The molecule has 3 heterocycles. The van der Waals surface area contributed by atoms with E-state index in [4.69, 9.17) is 25.7 Å². The van der Waals surface area contributed by atoms with Gasteiger partial charge in [0.1, 0.15) is 0 Å². The Labute approximate surface area is 192 Å². The van der Waals surface area contributed by atoms with Crippen molar-refractivity contribution >= 4 is 39.9 Å². The number of H-pyrrole nitrogens is 1. The van der Waals surface area contributed by atoms with Crippen molar-refractivity contribution in [3.8, 4) is 0 Å². The number of aromatic amines is 1. The molecule has 9 nitrogen and oxygen atoms in total. The monoisotopic (exact) mass is 445 g/mol. The zero-order chi connectivity index (χ0) is 22.4. The molecule has 0 spiro atoms. The normalized spacial score (nSPS) is 21.8. The topological polar surface area (TPSA) is 114 Å². The van der Waals surface area contributed by atoms with Gasteiger partial charge in [-0.05, 0) is 50.7 Å². The van der Waals surface area contributed by atoms with Crippen LogP contribution in [0.25, 0.3) is 22.2 Å². The summed E-state index contributed by atoms with van der Waals surface area (Å²) in [6.45, 7) is 0. The summed E-state index contributed by atoms with van der Waals surface area (Å²) in [5.41, 5.74) is 9.74. The molecule has 2 aliphatic carbocycles. The van der Waals surface area contributed by atoms with Crippen LogP contribution in [0.15, 0.2) is 30.6 Å². The lowest BCUT2D eigenvalue weighted by Crippen LogP contribution is -2.33. The Balaban J connectivity index is 1.41. The fraction of sp³-hybridized carbons (Fsp3) is 0.500. The van der Waals surface area contributed by atoms with Crippen molar-refractivity contribution in [2.45, 2.75) is 69.5 Å². The van der Waals surface area contributed by atoms with Gasteiger partial charge in [-0.1, -0.05) is 25.0 Å². The summed E-state index contributed by atoms with van der Waals surface area (Å²) in [6, 6.07) is 9.15. The van der Waals surface area contributed by atoms with E-state index in [0.29, 0.717) is 24.1 Å². The van der Waals surface area contributed by atoms with Crippen molar-refractivity contribution in [1.82, 2.24) is 29.5 Å². The highest BCUT2D eigenvalue weighted by atomic mass is 15.3. The Morgan fingerprint density at radius 3 is 2.61 bits per heavy atom. The minimum atomic E-state index is 0.310. The van der Waals surface area contributed by atoms with E-state index in [-0.39, 0.29) is 0 Å². The number of hydrogen-bond donors (Lipinski definition) is 3. The van der Waals surface area contributed by atoms with Crippen molar-refractivity contribution in [3.05, 3.63) is 30.6 Å². The molecule has 2 aliphatic rings. The second-order valence-corrected chi connectivity index (χ2v) is 9.53. The van der Waals surface area contributed by atoms with Crippen LogP contribution in [-0.4, -0.2) is 48.6 Å². The van der Waals surface area contributed by atoms with Gasteiger partial charge in [0, 0.05) is 25.2 Å². The molecule has 172 valence electrons. The largest absolute Gasteiger partial charge is 0.351 e. The number of para-hydroxylation sites is 2. The summed E-state index contributed by atoms with van der Waals surface area (Å²) < 4.78 is 2.25. The van der Waals surface area contributed by atoms with Crippen LogP contribution in [0.4, 0.5) is 17.7 Å². The fourth-order valence-electron chi connectivity index (χ4n) is 5.29. The van der Waals surface area contributed by atoms with Crippen molar-refractivity contribution in [1.29, 1.82) is 0 Å². The molecule has 0 atom stereocenters. The Morgan fingerprint density at radius 2 is 1.82 bits per heavy atom. The predicted molar refractivity (Wildman–Crippen MR) is 131 cm³/mol. The second-order valence-electron chi connectivity index (χ2n) is 9.53. The molecule has 3 aromatic heterocycles. The first-order valence-electron chi connectivity index (χ1n) is 12.1. The van der Waals surface area contributed by atoms with E-state index in [0.717, 1.165) is 59.6 Å². The van der Waals surface area contributed by atoms with E-state index < -0.39 is 0 Å². The summed E-state index contributed by atoms with van der Waals surface area (Å²) >= 11 is 0. The van der Waals surface area contributed by atoms with Gasteiger partial charge in [-0.25, -0.2) is 9.97 Å². The van der Waals surface area contributed by atoms with Gasteiger partial charge < -0.3 is 20.6 Å². The lowest BCUT2D eigenvalue weighted by Gasteiger charge is -2.27. The van der Waals surface area contributed by atoms with E-state index in [1.165, 1.54) is 25.7 Å². The van der Waals surface area contributed by atoms with Crippen LogP contribution in [0.1, 0.15) is 57.4 Å². The van der Waals surface area contributed by atoms with E-state index in [1.807, 2.05) is 42.5 Å². The molecule has 0 aliphatic heterocycles. The van der Waals surface area contributed by atoms with Crippen LogP contribution in [0.2, 0.25) is 0 Å². The zero-order valence-electron chi connectivity index (χ0n) is 19.0. The average Bonchev–Trinajstić information content (AvgIpc) is 3.58. The number of fused-ring (bicyclic) bond motifs is 2. The molecule has 6 rings (SSSR count). The number of benzene rings is 1. The van der Waals surface area contributed by atoms with Crippen molar-refractivity contribution in [2.24, 2.45) is 5.73 Å². The molecule has 1 aromatic carbocycles. The number of imidazole rings is 2. The highest BCUT2D eigenvalue weighted by Gasteiger charge is 2.25. The quantitative estimate of drug-likeness (QED) is 0.420. The smallest absolute Gasteiger partial charge is 0.227 e. The minimum Gasteiger partial charge on any atom is -0.351 e. The van der Waals surface area contributed by atoms with Crippen LogP contribution in [0.5, 0.6) is 0 Å². The number of nitrogens with two attached hydrogens (primary N) is 1. The summed E-state index contributed by atoms with van der Waals surface area (Å²) in [7, 11) is 1.98. The standard InChI is InChI=1S/C24H31N9/c1-32(24-28-18-8-4-5-9-19(18)29-24)21-20-22(33(14-26-20)17-6-2-3-7-17)31-23(30-21)27-16-12-10-15(25)11-13-16/h4-5,8-9,14-17H,2-3,6-7,10-13,25H2,1H3,(H,28,29)(H,27,30,31). The number of rotatable bonds is 5. The lowest BCUT2D eigenvalue weighted by molar-refractivity contribution is 0.410. The molecule has 4 aromatic rings. The molecule has 9 heteroatoms. The van der Waals surface area contributed by atoms with E-state index in [1.54, 1.807) is 0 Å². The number of aromatic nitrogens is 6. The van der Waals surface area contributed by atoms with E-state index in [9.17, 15) is 0 Å². The summed E-state index contributed by atoms with van der Waals surface area (Å²) in [5.74, 6) is 2.15. The van der Waals surface area contributed by atoms with Gasteiger partial charge >= 0.3 is 0 Å². The molecule has 0 saturated heterocycles. The average molecular weight is 446 g/mol. The first-order valence-corrected chi connectivity index (χ1v) is 12.1. The van der Waals surface area contributed by atoms with Crippen LogP contribution in [-0.2, 0) is 0 Å². The molecule has 2 saturated carbocycles. The van der Waals surface area contributed by atoms with E-state index >= 15 is 0 Å². The third-order valence-corrected chi connectivity index (χ3v) is 7.24. The summed E-state index contributed by atoms with van der Waals surface area (Å²) in [5, 5.41) is 3.60. The van der Waals surface area contributed by atoms with Crippen molar-refractivity contribution in [2.75, 3.05) is 17.3 Å². The molecule has 4 N–H and O–H groups in total. The number of nitrogens with zero attached hydrogens (tertiary/aromatic N) is 6. The summed E-state index contributed by atoms with van der Waals surface area (Å²) in [6.07, 6.45) is 11.0. The van der Waals surface area contributed by atoms with Gasteiger partial charge in [-0.15, -0.1) is 0 Å². The van der Waals surface area contributed by atoms with Crippen molar-refractivity contribution in [3.63, 3.8) is 0 Å². The van der Waals surface area contributed by atoms with Gasteiger partial charge in [0.15, 0.2) is 17.0 Å². The van der Waals surface area contributed by atoms with Gasteiger partial charge in [0.2, 0.25) is 11.9 Å². The Bertz CT molecular complexity index is 1230. The molecule has 33 heavy (non-hydrogen) atoms. The highest BCUT2D eigenvalue weighted by Crippen LogP contribution is 2.35. The maximum atomic E-state index is 6.11. The molecular weight excluding hydrogens is 414 g/mol. The number of hydrogen-bond acceptors (Lipinski definition) is 7. The van der Waals surface area contributed by atoms with Crippen LogP contribution >= 0.6 is 0 Å². The Morgan fingerprint density at radius 1 is 1.03 bits per heavy atom. The maximum Gasteiger partial charge on any atom is 0.227 e. The third-order valence-electron chi connectivity index (χ3n) is 7.24. The molecule has 0 radical (unpaired) electrons. The van der Waals surface area contributed by atoms with Crippen LogP contribution < -0.4 is 16.0 Å². The first-order chi connectivity index (χ1) is 16.2. The van der Waals surface area contributed by atoms with Gasteiger partial charge in [0.25, 0.3) is 0 Å². The van der Waals surface area contributed by atoms with E-state index in [2.05, 4.69) is 14.9 Å². The number of anilines is 3. The van der Waals surface area contributed by atoms with Crippen LogP contribution in [0.3, 0.4) is 0 Å². The minimum absolute atomic E-state index is 0.310. The molecule has 0 bridgehead atoms. The number of nitrogens with one attached hydrogen (secondary N) is 2. The van der Waals surface area contributed by atoms with Gasteiger partial charge in [0.05, 0.1) is 17.4 Å². The van der Waals surface area contributed by atoms with Gasteiger partial charge in [-0.3, -0.25) is 4.90 Å². The van der Waals surface area contributed by atoms with Gasteiger partial charge in [-0.2, -0.15) is 9.97 Å². The molecular formula is C24H31N9. The SMILES string of the molecule is CN(c1nc2ccccc2[nH]1)c1nc(NC2CCC(N)CC2)nc2c1ncn2C1CCCC1. The Hall–Kier alpha value is -3.20. The molecule has 2 fully saturated rings. The third kappa shape index (κ3) is 3.80. The lowest BCUT2D eigenvalue weighted by atomic mass is 9.92. The van der Waals surface area contributed by atoms with Crippen LogP contribution in [0, 0.1) is 0 Å². The van der Waals surface area contributed by atoms with Crippen molar-refractivity contribution < 1.29 is 0 Å². The Kier molecular flexibility index (Phi) is 5.13. The zero-order valence-corrected chi connectivity index (χ0v) is 19.0.